The van der Waals surface area contributed by atoms with Gasteiger partial charge in [0.15, 0.2) is 5.01 Å². The summed E-state index contributed by atoms with van der Waals surface area (Å²) in [7, 11) is 0. The molecule has 0 aliphatic heterocycles. The van der Waals surface area contributed by atoms with E-state index in [0.717, 1.165) is 11.1 Å². The number of aromatic nitrogens is 1. The van der Waals surface area contributed by atoms with Crippen LogP contribution in [0, 0.1) is 6.92 Å². The lowest BCUT2D eigenvalue weighted by Crippen LogP contribution is -2.19. The first kappa shape index (κ1) is 13.5. The molecule has 0 fully saturated rings. The Kier molecular flexibility index (Phi) is 3.25. The second-order valence-electron chi connectivity index (χ2n) is 4.01. The standard InChI is InChI=1S/C11H10F3NOS2/c1-6-3-4-7(17-6)10(2,16)8-5-15-9(18-8)11(12,13)14/h3-5,16H,1-2H3. The molecule has 2 heterocycles. The van der Waals surface area contributed by atoms with Crippen LogP contribution >= 0.6 is 22.7 Å². The Bertz CT molecular complexity index is 557. The molecule has 98 valence electrons. The summed E-state index contributed by atoms with van der Waals surface area (Å²) >= 11 is 1.83. The van der Waals surface area contributed by atoms with Gasteiger partial charge in [-0.3, -0.25) is 0 Å². The zero-order valence-electron chi connectivity index (χ0n) is 9.58. The average molecular weight is 293 g/mol. The number of nitrogens with zero attached hydrogens (tertiary/aromatic N) is 1. The molecule has 7 heteroatoms. The first-order valence-corrected chi connectivity index (χ1v) is 6.67. The highest BCUT2D eigenvalue weighted by Crippen LogP contribution is 2.40. The second kappa shape index (κ2) is 4.32. The van der Waals surface area contributed by atoms with Crippen molar-refractivity contribution in [3.63, 3.8) is 0 Å². The Labute approximate surface area is 110 Å². The van der Waals surface area contributed by atoms with Gasteiger partial charge in [-0.25, -0.2) is 4.98 Å². The summed E-state index contributed by atoms with van der Waals surface area (Å²) < 4.78 is 37.4. The molecule has 0 saturated heterocycles. The molecule has 2 aromatic rings. The summed E-state index contributed by atoms with van der Waals surface area (Å²) in [6, 6.07) is 3.53. The SMILES string of the molecule is Cc1ccc(C(C)(O)c2cnc(C(F)(F)F)s2)s1. The lowest BCUT2D eigenvalue weighted by Gasteiger charge is -2.19. The van der Waals surface area contributed by atoms with E-state index in [9.17, 15) is 18.3 Å². The van der Waals surface area contributed by atoms with E-state index in [2.05, 4.69) is 4.98 Å². The van der Waals surface area contributed by atoms with Crippen LogP contribution in [0.3, 0.4) is 0 Å². The van der Waals surface area contributed by atoms with Crippen molar-refractivity contribution >= 4 is 22.7 Å². The molecule has 0 radical (unpaired) electrons. The van der Waals surface area contributed by atoms with Crippen LogP contribution < -0.4 is 0 Å². The highest BCUT2D eigenvalue weighted by atomic mass is 32.1. The summed E-state index contributed by atoms with van der Waals surface area (Å²) in [5.74, 6) is 0. The van der Waals surface area contributed by atoms with Gasteiger partial charge in [0.2, 0.25) is 0 Å². The summed E-state index contributed by atoms with van der Waals surface area (Å²) in [5, 5.41) is 9.42. The minimum Gasteiger partial charge on any atom is -0.379 e. The molecule has 0 saturated carbocycles. The van der Waals surface area contributed by atoms with Crippen molar-refractivity contribution in [2.24, 2.45) is 0 Å². The first-order chi connectivity index (χ1) is 8.21. The maximum atomic E-state index is 12.5. The molecular weight excluding hydrogens is 283 g/mol. The fraction of sp³-hybridized carbons (Fsp3) is 0.364. The van der Waals surface area contributed by atoms with Gasteiger partial charge in [0.05, 0.1) is 4.88 Å². The number of alkyl halides is 3. The highest BCUT2D eigenvalue weighted by molar-refractivity contribution is 7.13. The van der Waals surface area contributed by atoms with Crippen LogP contribution in [-0.4, -0.2) is 10.1 Å². The second-order valence-corrected chi connectivity index (χ2v) is 6.33. The van der Waals surface area contributed by atoms with E-state index in [4.69, 9.17) is 0 Å². The van der Waals surface area contributed by atoms with Crippen molar-refractivity contribution in [2.45, 2.75) is 25.6 Å². The van der Waals surface area contributed by atoms with Crippen molar-refractivity contribution in [1.82, 2.24) is 4.98 Å². The minimum atomic E-state index is -4.47. The molecule has 1 N–H and O–H groups in total. The predicted octanol–water partition coefficient (Wildman–Crippen LogP) is 3.79. The molecule has 0 bridgehead atoms. The van der Waals surface area contributed by atoms with E-state index in [1.165, 1.54) is 18.3 Å². The molecule has 2 rings (SSSR count). The molecule has 18 heavy (non-hydrogen) atoms. The van der Waals surface area contributed by atoms with E-state index >= 15 is 0 Å². The Morgan fingerprint density at radius 3 is 2.28 bits per heavy atom. The number of hydrogen-bond donors (Lipinski definition) is 1. The Morgan fingerprint density at radius 1 is 1.17 bits per heavy atom. The lowest BCUT2D eigenvalue weighted by atomic mass is 10.0. The maximum Gasteiger partial charge on any atom is 0.443 e. The van der Waals surface area contributed by atoms with Crippen LogP contribution in [0.15, 0.2) is 18.3 Å². The Balaban J connectivity index is 2.39. The predicted molar refractivity (Wildman–Crippen MR) is 64.8 cm³/mol. The van der Waals surface area contributed by atoms with Gasteiger partial charge in [-0.1, -0.05) is 0 Å². The third-order valence-electron chi connectivity index (χ3n) is 2.45. The highest BCUT2D eigenvalue weighted by Gasteiger charge is 2.38. The number of hydrogen-bond acceptors (Lipinski definition) is 4. The van der Waals surface area contributed by atoms with Crippen molar-refractivity contribution < 1.29 is 18.3 Å². The molecule has 0 spiro atoms. The lowest BCUT2D eigenvalue weighted by molar-refractivity contribution is -0.137. The molecule has 0 aliphatic carbocycles. The van der Waals surface area contributed by atoms with Crippen molar-refractivity contribution in [1.29, 1.82) is 0 Å². The monoisotopic (exact) mass is 293 g/mol. The molecule has 2 nitrogen and oxygen atoms in total. The van der Waals surface area contributed by atoms with Gasteiger partial charge in [0.1, 0.15) is 5.60 Å². The van der Waals surface area contributed by atoms with Gasteiger partial charge in [0, 0.05) is 16.0 Å². The van der Waals surface area contributed by atoms with Crippen LogP contribution in [0.1, 0.15) is 26.6 Å². The molecule has 1 unspecified atom stereocenters. The number of thiazole rings is 1. The third-order valence-corrected chi connectivity index (χ3v) is 4.91. The van der Waals surface area contributed by atoms with Gasteiger partial charge in [-0.05, 0) is 26.0 Å². The quantitative estimate of drug-likeness (QED) is 0.914. The van der Waals surface area contributed by atoms with Crippen molar-refractivity contribution in [3.8, 4) is 0 Å². The zero-order valence-corrected chi connectivity index (χ0v) is 11.2. The smallest absolute Gasteiger partial charge is 0.379 e. The normalized spacial score (nSPS) is 15.7. The van der Waals surface area contributed by atoms with E-state index in [-0.39, 0.29) is 4.88 Å². The Morgan fingerprint density at radius 2 is 1.83 bits per heavy atom. The van der Waals surface area contributed by atoms with E-state index in [1.807, 2.05) is 13.0 Å². The fourth-order valence-corrected chi connectivity index (χ4v) is 3.28. The molecule has 2 aromatic heterocycles. The fourth-order valence-electron chi connectivity index (χ4n) is 1.45. The maximum absolute atomic E-state index is 12.5. The summed E-state index contributed by atoms with van der Waals surface area (Å²) in [6.45, 7) is 3.35. The van der Waals surface area contributed by atoms with Crippen molar-refractivity contribution in [2.75, 3.05) is 0 Å². The van der Waals surface area contributed by atoms with Crippen LogP contribution in [-0.2, 0) is 11.8 Å². The van der Waals surface area contributed by atoms with Crippen LogP contribution in [0.25, 0.3) is 0 Å². The summed E-state index contributed by atoms with van der Waals surface area (Å²) in [6.07, 6.45) is -3.38. The van der Waals surface area contributed by atoms with E-state index in [0.29, 0.717) is 16.2 Å². The summed E-state index contributed by atoms with van der Waals surface area (Å²) in [5.41, 5.74) is -1.43. The van der Waals surface area contributed by atoms with Gasteiger partial charge in [-0.2, -0.15) is 13.2 Å². The number of rotatable bonds is 2. The van der Waals surface area contributed by atoms with Gasteiger partial charge < -0.3 is 5.11 Å². The van der Waals surface area contributed by atoms with Crippen LogP contribution in [0.4, 0.5) is 13.2 Å². The topological polar surface area (TPSA) is 33.1 Å². The molecular formula is C11H10F3NOS2. The van der Waals surface area contributed by atoms with E-state index in [1.54, 1.807) is 6.07 Å². The first-order valence-electron chi connectivity index (χ1n) is 5.04. The molecule has 0 amide bonds. The molecule has 0 aliphatic rings. The van der Waals surface area contributed by atoms with Crippen LogP contribution in [0.2, 0.25) is 0 Å². The Hall–Kier alpha value is -0.920. The van der Waals surface area contributed by atoms with Gasteiger partial charge in [-0.15, -0.1) is 22.7 Å². The molecule has 1 atom stereocenters. The number of aryl methyl sites for hydroxylation is 1. The largest absolute Gasteiger partial charge is 0.443 e. The zero-order chi connectivity index (χ0) is 13.6. The molecule has 0 aromatic carbocycles. The average Bonchev–Trinajstić information content (AvgIpc) is 2.83. The number of halogens is 3. The number of thiophene rings is 1. The van der Waals surface area contributed by atoms with E-state index < -0.39 is 16.8 Å². The third kappa shape index (κ3) is 2.43. The van der Waals surface area contributed by atoms with Crippen molar-refractivity contribution in [3.05, 3.63) is 38.0 Å². The van der Waals surface area contributed by atoms with Gasteiger partial charge >= 0.3 is 6.18 Å². The van der Waals surface area contributed by atoms with Crippen LogP contribution in [0.5, 0.6) is 0 Å². The minimum absolute atomic E-state index is 0.191. The van der Waals surface area contributed by atoms with Gasteiger partial charge in [0.25, 0.3) is 0 Å². The summed E-state index contributed by atoms with van der Waals surface area (Å²) in [4.78, 5) is 5.12. The number of aliphatic hydroxyl groups is 1.